The van der Waals surface area contributed by atoms with E-state index < -0.39 is 0 Å². The van der Waals surface area contributed by atoms with Crippen LogP contribution in [-0.4, -0.2) is 79.5 Å². The third-order valence-corrected chi connectivity index (χ3v) is 5.41. The van der Waals surface area contributed by atoms with Gasteiger partial charge in [-0.1, -0.05) is 6.07 Å². The van der Waals surface area contributed by atoms with E-state index in [0.29, 0.717) is 29.6 Å². The fourth-order valence-electron chi connectivity index (χ4n) is 3.58. The van der Waals surface area contributed by atoms with Crippen LogP contribution in [0.5, 0.6) is 0 Å². The van der Waals surface area contributed by atoms with E-state index in [9.17, 15) is 9.90 Å². The summed E-state index contributed by atoms with van der Waals surface area (Å²) >= 11 is 0. The quantitative estimate of drug-likeness (QED) is 0.527. The number of aliphatic hydroxyl groups is 1. The highest BCUT2D eigenvalue weighted by Crippen LogP contribution is 2.21. The van der Waals surface area contributed by atoms with Crippen LogP contribution in [-0.2, 0) is 17.7 Å². The van der Waals surface area contributed by atoms with Gasteiger partial charge in [0.05, 0.1) is 19.3 Å². The molecule has 1 amide bonds. The maximum atomic E-state index is 12.8. The molecule has 1 aliphatic rings. The van der Waals surface area contributed by atoms with Crippen LogP contribution in [0.15, 0.2) is 30.5 Å². The first-order valence-corrected chi connectivity index (χ1v) is 10.5. The van der Waals surface area contributed by atoms with Crippen molar-refractivity contribution in [1.82, 2.24) is 35.1 Å². The van der Waals surface area contributed by atoms with Gasteiger partial charge in [-0.2, -0.15) is 0 Å². The summed E-state index contributed by atoms with van der Waals surface area (Å²) in [5.41, 5.74) is 3.09. The minimum Gasteiger partial charge on any atom is -0.394 e. The molecule has 0 saturated carbocycles. The molecule has 3 aromatic heterocycles. The summed E-state index contributed by atoms with van der Waals surface area (Å²) in [5, 5.41) is 23.8. The predicted octanol–water partition coefficient (Wildman–Crippen LogP) is 0.940. The number of tetrazole rings is 1. The number of carbonyl (C=O) groups is 1. The van der Waals surface area contributed by atoms with E-state index >= 15 is 0 Å². The molecule has 1 aliphatic heterocycles. The average molecular weight is 438 g/mol. The molecule has 1 atom stereocenters. The van der Waals surface area contributed by atoms with Gasteiger partial charge in [0, 0.05) is 32.9 Å². The number of rotatable bonds is 8. The molecule has 32 heavy (non-hydrogen) atoms. The lowest BCUT2D eigenvalue weighted by molar-refractivity contribution is 0.102. The predicted molar refractivity (Wildman–Crippen MR) is 116 cm³/mol. The van der Waals surface area contributed by atoms with Gasteiger partial charge in [-0.3, -0.25) is 14.7 Å². The molecule has 11 heteroatoms. The summed E-state index contributed by atoms with van der Waals surface area (Å²) in [6.07, 6.45) is 2.69. The van der Waals surface area contributed by atoms with E-state index in [-0.39, 0.29) is 18.6 Å². The van der Waals surface area contributed by atoms with Crippen molar-refractivity contribution in [3.8, 4) is 11.5 Å². The van der Waals surface area contributed by atoms with E-state index in [1.165, 1.54) is 10.2 Å². The van der Waals surface area contributed by atoms with Crippen molar-refractivity contribution in [2.24, 2.45) is 0 Å². The number of ether oxygens (including phenoxy) is 1. The molecule has 0 radical (unpaired) electrons. The van der Waals surface area contributed by atoms with Crippen LogP contribution in [0, 0.1) is 0 Å². The topological polar surface area (TPSA) is 131 Å². The van der Waals surface area contributed by atoms with Crippen LogP contribution < -0.4 is 5.32 Å². The SMILES string of the molecule is COCCN1CCc2cnc(C(=O)Nc3cccc(-c4nnnn4[C@H](C)CO)n3)cc2C1. The fraction of sp³-hybridized carbons (Fsp3) is 0.429. The van der Waals surface area contributed by atoms with Gasteiger partial charge in [-0.15, -0.1) is 5.10 Å². The standard InChI is InChI=1S/C21H26N8O3/c1-14(13-30)29-20(25-26-27-29)17-4-3-5-19(23-17)24-21(31)18-10-16-12-28(8-9-32-2)7-6-15(16)11-22-18/h3-5,10-11,14,30H,6-9,12-13H2,1-2H3,(H,23,24,31)/t14-/m1/s1. The van der Waals surface area contributed by atoms with E-state index in [2.05, 4.69) is 35.7 Å². The summed E-state index contributed by atoms with van der Waals surface area (Å²) in [5.74, 6) is 0.431. The maximum absolute atomic E-state index is 12.8. The van der Waals surface area contributed by atoms with Crippen molar-refractivity contribution in [1.29, 1.82) is 0 Å². The van der Waals surface area contributed by atoms with Gasteiger partial charge in [0.15, 0.2) is 0 Å². The van der Waals surface area contributed by atoms with E-state index in [0.717, 1.165) is 31.6 Å². The van der Waals surface area contributed by atoms with Crippen molar-refractivity contribution in [3.05, 3.63) is 47.3 Å². The molecule has 0 fully saturated rings. The van der Waals surface area contributed by atoms with Gasteiger partial charge in [0.25, 0.3) is 5.91 Å². The first-order chi connectivity index (χ1) is 15.6. The Kier molecular flexibility index (Phi) is 6.78. The highest BCUT2D eigenvalue weighted by atomic mass is 16.5. The first kappa shape index (κ1) is 21.9. The van der Waals surface area contributed by atoms with Crippen LogP contribution in [0.25, 0.3) is 11.5 Å². The Bertz CT molecular complexity index is 1090. The Morgan fingerprint density at radius 3 is 3.03 bits per heavy atom. The molecule has 0 spiro atoms. The average Bonchev–Trinajstić information content (AvgIpc) is 3.32. The fourth-order valence-corrected chi connectivity index (χ4v) is 3.58. The monoisotopic (exact) mass is 438 g/mol. The zero-order chi connectivity index (χ0) is 22.5. The zero-order valence-corrected chi connectivity index (χ0v) is 18.1. The highest BCUT2D eigenvalue weighted by molar-refractivity contribution is 6.02. The van der Waals surface area contributed by atoms with Gasteiger partial charge in [-0.25, -0.2) is 9.67 Å². The Morgan fingerprint density at radius 2 is 2.22 bits per heavy atom. The van der Waals surface area contributed by atoms with Gasteiger partial charge in [0.2, 0.25) is 5.82 Å². The third-order valence-electron chi connectivity index (χ3n) is 5.41. The molecule has 0 bridgehead atoms. The van der Waals surface area contributed by atoms with E-state index in [1.54, 1.807) is 38.4 Å². The lowest BCUT2D eigenvalue weighted by Gasteiger charge is -2.28. The van der Waals surface area contributed by atoms with Crippen molar-refractivity contribution in [2.45, 2.75) is 25.9 Å². The molecule has 0 aliphatic carbocycles. The number of pyridine rings is 2. The molecule has 4 rings (SSSR count). The van der Waals surface area contributed by atoms with Crippen molar-refractivity contribution >= 4 is 11.7 Å². The smallest absolute Gasteiger partial charge is 0.275 e. The second kappa shape index (κ2) is 9.90. The summed E-state index contributed by atoms with van der Waals surface area (Å²) in [7, 11) is 1.70. The van der Waals surface area contributed by atoms with Crippen molar-refractivity contribution < 1.29 is 14.6 Å². The van der Waals surface area contributed by atoms with Gasteiger partial charge in [-0.05, 0) is 53.1 Å². The van der Waals surface area contributed by atoms with Gasteiger partial charge >= 0.3 is 0 Å². The van der Waals surface area contributed by atoms with Crippen LogP contribution in [0.4, 0.5) is 5.82 Å². The molecule has 3 aromatic rings. The number of nitrogens with zero attached hydrogens (tertiary/aromatic N) is 7. The Balaban J connectivity index is 1.50. The maximum Gasteiger partial charge on any atom is 0.275 e. The molecule has 4 heterocycles. The van der Waals surface area contributed by atoms with Crippen LogP contribution >= 0.6 is 0 Å². The number of anilines is 1. The third kappa shape index (κ3) is 4.79. The number of aliphatic hydroxyl groups excluding tert-OH is 1. The largest absolute Gasteiger partial charge is 0.394 e. The second-order valence-corrected chi connectivity index (χ2v) is 7.70. The number of aromatic nitrogens is 6. The number of hydrogen-bond donors (Lipinski definition) is 2. The summed E-state index contributed by atoms with van der Waals surface area (Å²) in [6, 6.07) is 6.73. The molecule has 0 unspecified atom stereocenters. The van der Waals surface area contributed by atoms with Crippen LogP contribution in [0.3, 0.4) is 0 Å². The Hall–Kier alpha value is -3.28. The molecule has 168 valence electrons. The van der Waals surface area contributed by atoms with Crippen molar-refractivity contribution in [2.75, 3.05) is 38.7 Å². The normalized spacial score (nSPS) is 14.7. The van der Waals surface area contributed by atoms with Gasteiger partial charge in [0.1, 0.15) is 17.2 Å². The van der Waals surface area contributed by atoms with E-state index in [4.69, 9.17) is 4.74 Å². The highest BCUT2D eigenvalue weighted by Gasteiger charge is 2.20. The lowest BCUT2D eigenvalue weighted by atomic mass is 10.0. The number of hydrogen-bond acceptors (Lipinski definition) is 9. The number of amides is 1. The number of fused-ring (bicyclic) bond motifs is 1. The number of methoxy groups -OCH3 is 1. The lowest BCUT2D eigenvalue weighted by Crippen LogP contribution is -2.33. The molecule has 2 N–H and O–H groups in total. The summed E-state index contributed by atoms with van der Waals surface area (Å²) in [6.45, 7) is 4.93. The number of nitrogens with one attached hydrogen (secondary N) is 1. The van der Waals surface area contributed by atoms with Crippen LogP contribution in [0.1, 0.15) is 34.6 Å². The molecular weight excluding hydrogens is 412 g/mol. The molecule has 11 nitrogen and oxygen atoms in total. The first-order valence-electron chi connectivity index (χ1n) is 10.5. The summed E-state index contributed by atoms with van der Waals surface area (Å²) in [4.78, 5) is 24.0. The van der Waals surface area contributed by atoms with E-state index in [1.807, 2.05) is 6.07 Å². The summed E-state index contributed by atoms with van der Waals surface area (Å²) < 4.78 is 6.67. The van der Waals surface area contributed by atoms with Gasteiger partial charge < -0.3 is 15.2 Å². The molecule has 0 aromatic carbocycles. The number of carbonyl (C=O) groups excluding carboxylic acids is 1. The Labute approximate surface area is 185 Å². The second-order valence-electron chi connectivity index (χ2n) is 7.70. The molecular formula is C21H26N8O3. The molecule has 0 saturated heterocycles. The Morgan fingerprint density at radius 1 is 1.34 bits per heavy atom. The van der Waals surface area contributed by atoms with Crippen LogP contribution in [0.2, 0.25) is 0 Å². The minimum atomic E-state index is -0.338. The zero-order valence-electron chi connectivity index (χ0n) is 18.1. The minimum absolute atomic E-state index is 0.110. The van der Waals surface area contributed by atoms with Crippen molar-refractivity contribution in [3.63, 3.8) is 0 Å².